The molecule has 1 aromatic rings. The zero-order valence-electron chi connectivity index (χ0n) is 14.0. The predicted octanol–water partition coefficient (Wildman–Crippen LogP) is 1.44. The van der Waals surface area contributed by atoms with E-state index < -0.39 is 17.7 Å². The Morgan fingerprint density at radius 3 is 1.91 bits per heavy atom. The highest BCUT2D eigenvalue weighted by Crippen LogP contribution is 2.34. The first-order chi connectivity index (χ1) is 10.9. The van der Waals surface area contributed by atoms with E-state index in [0.29, 0.717) is 11.5 Å². The molecule has 0 aliphatic rings. The topological polar surface area (TPSA) is 92.3 Å². The maximum absolute atomic E-state index is 12.3. The molecule has 0 atom stereocenters. The third kappa shape index (κ3) is 3.91. The highest BCUT2D eigenvalue weighted by atomic mass is 16.7. The lowest BCUT2D eigenvalue weighted by atomic mass is 10.1. The Labute approximate surface area is 134 Å². The second kappa shape index (κ2) is 7.80. The molecule has 0 bridgehead atoms. The Balaban J connectivity index is 3.33. The molecule has 1 aromatic carbocycles. The smallest absolute Gasteiger partial charge is 0.340 e. The minimum Gasteiger partial charge on any atom is -0.493 e. The molecule has 1 rings (SSSR count). The van der Waals surface area contributed by atoms with Crippen LogP contribution in [-0.2, 0) is 19.0 Å². The molecular formula is C15H21NO7. The highest BCUT2D eigenvalue weighted by molar-refractivity contribution is 6.04. The number of carbonyl (C=O) groups excluding carboxylic acids is 2. The molecule has 0 aliphatic heterocycles. The third-order valence-corrected chi connectivity index (χ3v) is 3.37. The van der Waals surface area contributed by atoms with E-state index in [9.17, 15) is 9.59 Å². The number of methoxy groups -OCH3 is 5. The van der Waals surface area contributed by atoms with Gasteiger partial charge in [0.2, 0.25) is 5.79 Å². The molecule has 0 saturated heterocycles. The van der Waals surface area contributed by atoms with E-state index in [1.165, 1.54) is 54.6 Å². The number of benzene rings is 1. The molecule has 8 nitrogen and oxygen atoms in total. The van der Waals surface area contributed by atoms with Gasteiger partial charge in [-0.2, -0.15) is 0 Å². The van der Waals surface area contributed by atoms with E-state index >= 15 is 0 Å². The fourth-order valence-corrected chi connectivity index (χ4v) is 1.77. The van der Waals surface area contributed by atoms with Crippen molar-refractivity contribution in [1.82, 2.24) is 0 Å². The Kier molecular flexibility index (Phi) is 6.35. The first-order valence-corrected chi connectivity index (χ1v) is 6.62. The van der Waals surface area contributed by atoms with Crippen molar-refractivity contribution in [3.05, 3.63) is 17.7 Å². The van der Waals surface area contributed by atoms with Crippen LogP contribution < -0.4 is 14.8 Å². The van der Waals surface area contributed by atoms with Crippen molar-refractivity contribution >= 4 is 17.6 Å². The summed E-state index contributed by atoms with van der Waals surface area (Å²) in [6.45, 7) is 1.45. The molecular weight excluding hydrogens is 306 g/mol. The van der Waals surface area contributed by atoms with Crippen LogP contribution in [0.5, 0.6) is 11.5 Å². The first kappa shape index (κ1) is 18.7. The number of ether oxygens (including phenoxy) is 5. The fraction of sp³-hybridized carbons (Fsp3) is 0.467. The van der Waals surface area contributed by atoms with Crippen LogP contribution in [0, 0.1) is 0 Å². The van der Waals surface area contributed by atoms with Gasteiger partial charge >= 0.3 is 5.97 Å². The number of anilines is 1. The van der Waals surface area contributed by atoms with E-state index in [2.05, 4.69) is 5.32 Å². The zero-order chi connectivity index (χ0) is 17.6. The van der Waals surface area contributed by atoms with Crippen molar-refractivity contribution < 1.29 is 33.3 Å². The molecule has 0 aliphatic carbocycles. The summed E-state index contributed by atoms with van der Waals surface area (Å²) in [6, 6.07) is 2.87. The molecule has 0 radical (unpaired) electrons. The highest BCUT2D eigenvalue weighted by Gasteiger charge is 2.34. The molecule has 128 valence electrons. The summed E-state index contributed by atoms with van der Waals surface area (Å²) in [7, 11) is 6.77. The number of carbonyl (C=O) groups is 2. The van der Waals surface area contributed by atoms with Crippen molar-refractivity contribution in [2.45, 2.75) is 12.7 Å². The van der Waals surface area contributed by atoms with E-state index in [1.54, 1.807) is 0 Å². The van der Waals surface area contributed by atoms with Crippen LogP contribution in [0.1, 0.15) is 17.3 Å². The van der Waals surface area contributed by atoms with Crippen molar-refractivity contribution in [3.63, 3.8) is 0 Å². The number of hydrogen-bond acceptors (Lipinski definition) is 7. The van der Waals surface area contributed by atoms with Gasteiger partial charge in [-0.1, -0.05) is 0 Å². The second-order valence-electron chi connectivity index (χ2n) is 4.55. The van der Waals surface area contributed by atoms with Crippen LogP contribution in [0.3, 0.4) is 0 Å². The number of rotatable bonds is 7. The SMILES string of the molecule is COC(=O)c1cc(OC)c(OC)cc1NC(=O)C(C)(OC)OC. The van der Waals surface area contributed by atoms with Crippen LogP contribution in [0.25, 0.3) is 0 Å². The van der Waals surface area contributed by atoms with Gasteiger partial charge in [-0.15, -0.1) is 0 Å². The molecule has 0 heterocycles. The maximum atomic E-state index is 12.3. The summed E-state index contributed by atoms with van der Waals surface area (Å²) in [5, 5.41) is 2.57. The average Bonchev–Trinajstić information content (AvgIpc) is 2.59. The van der Waals surface area contributed by atoms with Gasteiger partial charge in [-0.3, -0.25) is 4.79 Å². The quantitative estimate of drug-likeness (QED) is 0.598. The first-order valence-electron chi connectivity index (χ1n) is 6.62. The number of hydrogen-bond donors (Lipinski definition) is 1. The van der Waals surface area contributed by atoms with Crippen LogP contribution in [0.4, 0.5) is 5.69 Å². The lowest BCUT2D eigenvalue weighted by Crippen LogP contribution is -2.43. The van der Waals surface area contributed by atoms with Crippen molar-refractivity contribution in [1.29, 1.82) is 0 Å². The average molecular weight is 327 g/mol. The molecule has 8 heteroatoms. The molecule has 0 spiro atoms. The normalized spacial score (nSPS) is 10.9. The van der Waals surface area contributed by atoms with E-state index in [4.69, 9.17) is 23.7 Å². The summed E-state index contributed by atoms with van der Waals surface area (Å²) in [6.07, 6.45) is 0. The van der Waals surface area contributed by atoms with Crippen LogP contribution in [-0.4, -0.2) is 53.2 Å². The maximum Gasteiger partial charge on any atom is 0.340 e. The number of esters is 1. The summed E-state index contributed by atoms with van der Waals surface area (Å²) >= 11 is 0. The largest absolute Gasteiger partial charge is 0.493 e. The van der Waals surface area contributed by atoms with Crippen molar-refractivity contribution in [2.24, 2.45) is 0 Å². The summed E-state index contributed by atoms with van der Waals surface area (Å²) in [5.74, 6) is -2.09. The molecule has 23 heavy (non-hydrogen) atoms. The van der Waals surface area contributed by atoms with Gasteiger partial charge in [-0.05, 0) is 6.92 Å². The van der Waals surface area contributed by atoms with Gasteiger partial charge in [0.05, 0.1) is 32.6 Å². The van der Waals surface area contributed by atoms with Gasteiger partial charge in [0, 0.05) is 26.4 Å². The number of amides is 1. The van der Waals surface area contributed by atoms with Gasteiger partial charge in [-0.25, -0.2) is 4.79 Å². The van der Waals surface area contributed by atoms with Crippen molar-refractivity contribution in [2.75, 3.05) is 40.9 Å². The third-order valence-electron chi connectivity index (χ3n) is 3.37. The van der Waals surface area contributed by atoms with Gasteiger partial charge in [0.1, 0.15) is 0 Å². The van der Waals surface area contributed by atoms with E-state index in [-0.39, 0.29) is 11.3 Å². The second-order valence-corrected chi connectivity index (χ2v) is 4.55. The summed E-state index contributed by atoms with van der Waals surface area (Å²) < 4.78 is 25.1. The Morgan fingerprint density at radius 1 is 0.957 bits per heavy atom. The van der Waals surface area contributed by atoms with E-state index in [1.807, 2.05) is 0 Å². The summed E-state index contributed by atoms with van der Waals surface area (Å²) in [5.41, 5.74) is 0.285. The van der Waals surface area contributed by atoms with E-state index in [0.717, 1.165) is 0 Å². The number of nitrogens with one attached hydrogen (secondary N) is 1. The molecule has 1 amide bonds. The molecule has 0 unspecified atom stereocenters. The van der Waals surface area contributed by atoms with Crippen LogP contribution in [0.2, 0.25) is 0 Å². The molecule has 1 N–H and O–H groups in total. The van der Waals surface area contributed by atoms with Crippen molar-refractivity contribution in [3.8, 4) is 11.5 Å². The van der Waals surface area contributed by atoms with Gasteiger partial charge in [0.25, 0.3) is 5.91 Å². The Morgan fingerprint density at radius 2 is 1.48 bits per heavy atom. The lowest BCUT2D eigenvalue weighted by molar-refractivity contribution is -0.195. The molecule has 0 fully saturated rings. The monoisotopic (exact) mass is 327 g/mol. The van der Waals surface area contributed by atoms with Gasteiger partial charge < -0.3 is 29.0 Å². The fourth-order valence-electron chi connectivity index (χ4n) is 1.77. The zero-order valence-corrected chi connectivity index (χ0v) is 14.0. The minimum atomic E-state index is -1.51. The Hall–Kier alpha value is -2.32. The standard InChI is InChI=1S/C15H21NO7/c1-15(22-5,23-6)14(18)16-10-8-12(20-3)11(19-2)7-9(10)13(17)21-4/h7-8H,1-6H3,(H,16,18). The molecule has 0 aromatic heterocycles. The molecule has 0 saturated carbocycles. The predicted molar refractivity (Wildman–Crippen MR) is 81.9 cm³/mol. The minimum absolute atomic E-state index is 0.105. The van der Waals surface area contributed by atoms with Crippen LogP contribution in [0.15, 0.2) is 12.1 Å². The Bertz CT molecular complexity index is 581. The van der Waals surface area contributed by atoms with Crippen LogP contribution >= 0.6 is 0 Å². The summed E-state index contributed by atoms with van der Waals surface area (Å²) in [4.78, 5) is 24.3. The van der Waals surface area contributed by atoms with Gasteiger partial charge in [0.15, 0.2) is 11.5 Å². The lowest BCUT2D eigenvalue weighted by Gasteiger charge is -2.25.